The molecule has 1 fully saturated rings. The normalized spacial score (nSPS) is 17.1. The van der Waals surface area contributed by atoms with Crippen molar-refractivity contribution >= 4 is 35.8 Å². The standard InChI is InChI=1S/C21H26F3N5O.HI/c1-15-14-29(8-9-30-15)19-7-6-17(12-26-19)13-28-20(25-2)27-11-16-4-3-5-18(10-16)21(22,23)24;/h3-7,10,12,15H,8-9,11,13-14H2,1-2H3,(H2,25,27,28);1H. The molecule has 170 valence electrons. The molecule has 1 aliphatic rings. The average Bonchev–Trinajstić information content (AvgIpc) is 2.74. The smallest absolute Gasteiger partial charge is 0.375 e. The molecule has 0 bridgehead atoms. The second-order valence-electron chi connectivity index (χ2n) is 7.13. The highest BCUT2D eigenvalue weighted by Gasteiger charge is 2.30. The Bertz CT molecular complexity index is 861. The van der Waals surface area contributed by atoms with E-state index in [1.54, 1.807) is 13.1 Å². The number of rotatable bonds is 5. The summed E-state index contributed by atoms with van der Waals surface area (Å²) < 4.78 is 44.1. The van der Waals surface area contributed by atoms with Gasteiger partial charge < -0.3 is 20.3 Å². The third-order valence-corrected chi connectivity index (χ3v) is 4.77. The lowest BCUT2D eigenvalue weighted by molar-refractivity contribution is -0.137. The van der Waals surface area contributed by atoms with Crippen molar-refractivity contribution in [1.82, 2.24) is 15.6 Å². The van der Waals surface area contributed by atoms with Crippen molar-refractivity contribution in [3.8, 4) is 0 Å². The SMILES string of the molecule is CN=C(NCc1ccc(N2CCOC(C)C2)nc1)NCc1cccc(C(F)(F)F)c1.I. The molecule has 31 heavy (non-hydrogen) atoms. The predicted molar refractivity (Wildman–Crippen MR) is 126 cm³/mol. The van der Waals surface area contributed by atoms with Crippen molar-refractivity contribution in [3.05, 3.63) is 59.3 Å². The summed E-state index contributed by atoms with van der Waals surface area (Å²) in [5, 5.41) is 6.18. The molecule has 2 heterocycles. The van der Waals surface area contributed by atoms with Crippen molar-refractivity contribution < 1.29 is 17.9 Å². The Morgan fingerprint density at radius 3 is 2.55 bits per heavy atom. The number of nitrogens with one attached hydrogen (secondary N) is 2. The number of alkyl halides is 3. The highest BCUT2D eigenvalue weighted by Crippen LogP contribution is 2.29. The van der Waals surface area contributed by atoms with E-state index in [1.165, 1.54) is 6.07 Å². The Morgan fingerprint density at radius 1 is 1.19 bits per heavy atom. The van der Waals surface area contributed by atoms with E-state index in [1.807, 2.05) is 25.3 Å². The van der Waals surface area contributed by atoms with Crippen LogP contribution in [-0.2, 0) is 24.0 Å². The van der Waals surface area contributed by atoms with E-state index in [4.69, 9.17) is 4.74 Å². The first kappa shape index (κ1) is 25.2. The number of ether oxygens (including phenoxy) is 1. The lowest BCUT2D eigenvalue weighted by atomic mass is 10.1. The molecule has 1 atom stereocenters. The van der Waals surface area contributed by atoms with Gasteiger partial charge in [0.1, 0.15) is 5.82 Å². The molecule has 2 N–H and O–H groups in total. The fraction of sp³-hybridized carbons (Fsp3) is 0.429. The summed E-state index contributed by atoms with van der Waals surface area (Å²) in [5.41, 5.74) is 0.839. The van der Waals surface area contributed by atoms with Crippen molar-refractivity contribution in [1.29, 1.82) is 0 Å². The fourth-order valence-corrected chi connectivity index (χ4v) is 3.18. The van der Waals surface area contributed by atoms with Gasteiger partial charge in [0.05, 0.1) is 18.3 Å². The number of nitrogens with zero attached hydrogens (tertiary/aromatic N) is 3. The van der Waals surface area contributed by atoms with Crippen LogP contribution in [0.25, 0.3) is 0 Å². The first-order chi connectivity index (χ1) is 14.3. The summed E-state index contributed by atoms with van der Waals surface area (Å²) in [5.74, 6) is 1.42. The van der Waals surface area contributed by atoms with Crippen LogP contribution in [0.4, 0.5) is 19.0 Å². The minimum absolute atomic E-state index is 0. The van der Waals surface area contributed by atoms with Gasteiger partial charge in [-0.25, -0.2) is 4.98 Å². The number of hydrogen-bond acceptors (Lipinski definition) is 4. The lowest BCUT2D eigenvalue weighted by Gasteiger charge is -2.32. The minimum Gasteiger partial charge on any atom is -0.375 e. The van der Waals surface area contributed by atoms with Crippen LogP contribution >= 0.6 is 24.0 Å². The molecule has 10 heteroatoms. The van der Waals surface area contributed by atoms with Gasteiger partial charge in [-0.05, 0) is 36.2 Å². The van der Waals surface area contributed by atoms with Gasteiger partial charge in [0.15, 0.2) is 5.96 Å². The number of anilines is 1. The van der Waals surface area contributed by atoms with Gasteiger partial charge in [-0.2, -0.15) is 13.2 Å². The average molecular weight is 549 g/mol. The van der Waals surface area contributed by atoms with Crippen LogP contribution in [0.5, 0.6) is 0 Å². The maximum absolute atomic E-state index is 12.8. The summed E-state index contributed by atoms with van der Waals surface area (Å²) in [4.78, 5) is 10.8. The van der Waals surface area contributed by atoms with Crippen LogP contribution in [0.1, 0.15) is 23.6 Å². The Balaban J connectivity index is 0.00000341. The molecular formula is C21H27F3IN5O. The zero-order chi connectivity index (χ0) is 21.6. The third-order valence-electron chi connectivity index (χ3n) is 4.77. The molecular weight excluding hydrogens is 522 g/mol. The summed E-state index contributed by atoms with van der Waals surface area (Å²) >= 11 is 0. The second-order valence-corrected chi connectivity index (χ2v) is 7.13. The van der Waals surface area contributed by atoms with Crippen molar-refractivity contribution in [2.24, 2.45) is 4.99 Å². The molecule has 0 spiro atoms. The van der Waals surface area contributed by atoms with E-state index in [-0.39, 0.29) is 36.6 Å². The number of aliphatic imine (C=N–C) groups is 1. The quantitative estimate of drug-likeness (QED) is 0.338. The Kier molecular flexibility index (Phi) is 9.35. The van der Waals surface area contributed by atoms with Crippen LogP contribution < -0.4 is 15.5 Å². The monoisotopic (exact) mass is 549 g/mol. The van der Waals surface area contributed by atoms with Crippen LogP contribution in [0.3, 0.4) is 0 Å². The topological polar surface area (TPSA) is 61.8 Å². The second kappa shape index (κ2) is 11.5. The maximum Gasteiger partial charge on any atom is 0.416 e. The highest BCUT2D eigenvalue weighted by atomic mass is 127. The number of aromatic nitrogens is 1. The van der Waals surface area contributed by atoms with Crippen LogP contribution in [0, 0.1) is 0 Å². The minimum atomic E-state index is -4.35. The summed E-state index contributed by atoms with van der Waals surface area (Å²) in [6.07, 6.45) is -2.36. The van der Waals surface area contributed by atoms with Crippen LogP contribution in [-0.4, -0.2) is 43.8 Å². The van der Waals surface area contributed by atoms with Gasteiger partial charge in [0.25, 0.3) is 0 Å². The summed E-state index contributed by atoms with van der Waals surface area (Å²) in [6.45, 7) is 5.10. The molecule has 1 aliphatic heterocycles. The van der Waals surface area contributed by atoms with Gasteiger partial charge >= 0.3 is 6.18 Å². The van der Waals surface area contributed by atoms with Crippen molar-refractivity contribution in [2.75, 3.05) is 31.6 Å². The molecule has 1 aromatic heterocycles. The number of benzene rings is 1. The molecule has 0 aliphatic carbocycles. The third kappa shape index (κ3) is 7.53. The lowest BCUT2D eigenvalue weighted by Crippen LogP contribution is -2.41. The molecule has 3 rings (SSSR count). The number of hydrogen-bond donors (Lipinski definition) is 2. The van der Waals surface area contributed by atoms with Crippen molar-refractivity contribution in [3.63, 3.8) is 0 Å². The number of halogens is 4. The van der Waals surface area contributed by atoms with Gasteiger partial charge in [0, 0.05) is 39.4 Å². The molecule has 0 radical (unpaired) electrons. The Hall–Kier alpha value is -2.08. The first-order valence-corrected chi connectivity index (χ1v) is 9.77. The number of pyridine rings is 1. The number of morpholine rings is 1. The molecule has 6 nitrogen and oxygen atoms in total. The molecule has 2 aromatic rings. The van der Waals surface area contributed by atoms with Crippen LogP contribution in [0.2, 0.25) is 0 Å². The van der Waals surface area contributed by atoms with E-state index >= 15 is 0 Å². The highest BCUT2D eigenvalue weighted by molar-refractivity contribution is 14.0. The zero-order valence-corrected chi connectivity index (χ0v) is 19.8. The zero-order valence-electron chi connectivity index (χ0n) is 17.4. The van der Waals surface area contributed by atoms with E-state index in [2.05, 4.69) is 25.5 Å². The largest absolute Gasteiger partial charge is 0.416 e. The molecule has 1 unspecified atom stereocenters. The Labute approximate surface area is 197 Å². The van der Waals surface area contributed by atoms with E-state index in [9.17, 15) is 13.2 Å². The Morgan fingerprint density at radius 2 is 1.94 bits per heavy atom. The maximum atomic E-state index is 12.8. The van der Waals surface area contributed by atoms with Gasteiger partial charge in [-0.1, -0.05) is 18.2 Å². The predicted octanol–water partition coefficient (Wildman–Crippen LogP) is 3.81. The molecule has 1 saturated heterocycles. The van der Waals surface area contributed by atoms with Crippen molar-refractivity contribution in [2.45, 2.75) is 32.3 Å². The summed E-state index contributed by atoms with van der Waals surface area (Å²) in [6, 6.07) is 9.22. The van der Waals surface area contributed by atoms with Gasteiger partial charge in [-0.3, -0.25) is 4.99 Å². The fourth-order valence-electron chi connectivity index (χ4n) is 3.18. The van der Waals surface area contributed by atoms with Gasteiger partial charge in [0.2, 0.25) is 0 Å². The first-order valence-electron chi connectivity index (χ1n) is 9.77. The number of guanidine groups is 1. The molecule has 0 saturated carbocycles. The van der Waals surface area contributed by atoms with Crippen LogP contribution in [0.15, 0.2) is 47.6 Å². The molecule has 0 amide bonds. The van der Waals surface area contributed by atoms with Gasteiger partial charge in [-0.15, -0.1) is 24.0 Å². The van der Waals surface area contributed by atoms with E-state index < -0.39 is 11.7 Å². The van der Waals surface area contributed by atoms with E-state index in [0.717, 1.165) is 36.6 Å². The molecule has 1 aromatic carbocycles. The summed E-state index contributed by atoms with van der Waals surface area (Å²) in [7, 11) is 1.61. The van der Waals surface area contributed by atoms with E-state index in [0.29, 0.717) is 24.7 Å².